The summed E-state index contributed by atoms with van der Waals surface area (Å²) in [7, 11) is 0. The third-order valence-electron chi connectivity index (χ3n) is 3.20. The fourth-order valence-electron chi connectivity index (χ4n) is 2.17. The number of aromatic nitrogens is 1. The fourth-order valence-corrected chi connectivity index (χ4v) is 4.86. The first-order chi connectivity index (χ1) is 8.72. The lowest BCUT2D eigenvalue weighted by Crippen LogP contribution is -2.33. The van der Waals surface area contributed by atoms with Crippen molar-refractivity contribution in [2.45, 2.75) is 18.8 Å². The second-order valence-corrected chi connectivity index (χ2v) is 6.57. The molecule has 0 unspecified atom stereocenters. The molecule has 0 saturated heterocycles. The van der Waals surface area contributed by atoms with Gasteiger partial charge in [0.1, 0.15) is 0 Å². The van der Waals surface area contributed by atoms with Crippen molar-refractivity contribution < 1.29 is 0 Å². The lowest BCUT2D eigenvalue weighted by Gasteiger charge is -2.31. The van der Waals surface area contributed by atoms with Gasteiger partial charge in [0.05, 0.1) is 5.01 Å². The van der Waals surface area contributed by atoms with E-state index in [1.54, 1.807) is 11.3 Å². The Bertz CT molecular complexity index is 492. The normalized spacial score (nSPS) is 11.7. The van der Waals surface area contributed by atoms with E-state index in [4.69, 9.17) is 0 Å². The molecule has 0 amide bonds. The topological polar surface area (TPSA) is 12.9 Å². The van der Waals surface area contributed by atoms with Crippen molar-refractivity contribution in [1.29, 1.82) is 0 Å². The second-order valence-electron chi connectivity index (χ2n) is 4.47. The average molecular weight is 389 g/mol. The molecule has 1 aromatic heterocycles. The van der Waals surface area contributed by atoms with Crippen molar-refractivity contribution in [2.24, 2.45) is 0 Å². The Labute approximate surface area is 129 Å². The van der Waals surface area contributed by atoms with Gasteiger partial charge in [-0.2, -0.15) is 0 Å². The zero-order valence-corrected chi connectivity index (χ0v) is 14.2. The zero-order valence-electron chi connectivity index (χ0n) is 10.2. The summed E-state index contributed by atoms with van der Waals surface area (Å²) >= 11 is 9.12. The van der Waals surface area contributed by atoms with Crippen molar-refractivity contribution in [3.63, 3.8) is 0 Å². The molecule has 18 heavy (non-hydrogen) atoms. The van der Waals surface area contributed by atoms with Crippen LogP contribution in [0.1, 0.15) is 16.1 Å². The summed E-state index contributed by atoms with van der Waals surface area (Å²) in [5.74, 6) is 0. The summed E-state index contributed by atoms with van der Waals surface area (Å²) < 4.78 is 0. The van der Waals surface area contributed by atoms with Gasteiger partial charge in [-0.3, -0.25) is 0 Å². The molecule has 0 fully saturated rings. The summed E-state index contributed by atoms with van der Waals surface area (Å²) in [4.78, 5) is 4.43. The summed E-state index contributed by atoms with van der Waals surface area (Å²) in [6, 6.07) is 8.61. The van der Waals surface area contributed by atoms with Gasteiger partial charge in [0.2, 0.25) is 0 Å². The average Bonchev–Trinajstić information content (AvgIpc) is 2.90. The van der Waals surface area contributed by atoms with E-state index >= 15 is 0 Å². The Kier molecular flexibility index (Phi) is 4.98. The molecular formula is C14H15Br2NS. The number of alkyl halides is 2. The van der Waals surface area contributed by atoms with E-state index in [0.717, 1.165) is 17.1 Å². The van der Waals surface area contributed by atoms with Gasteiger partial charge in [-0.05, 0) is 18.1 Å². The predicted octanol–water partition coefficient (Wildman–Crippen LogP) is 4.72. The smallest absolute Gasteiger partial charge is 0.0934 e. The molecule has 0 aliphatic rings. The Hall–Kier alpha value is -0.190. The Balaban J connectivity index is 2.40. The highest BCUT2D eigenvalue weighted by molar-refractivity contribution is 9.09. The zero-order chi connectivity index (χ0) is 13.0. The molecule has 1 heterocycles. The first-order valence-corrected chi connectivity index (χ1v) is 8.90. The van der Waals surface area contributed by atoms with Gasteiger partial charge in [0.25, 0.3) is 0 Å². The highest BCUT2D eigenvalue weighted by atomic mass is 79.9. The summed E-state index contributed by atoms with van der Waals surface area (Å²) in [5, 5.41) is 5.09. The van der Waals surface area contributed by atoms with Gasteiger partial charge >= 0.3 is 0 Å². The number of halogens is 2. The standard InChI is InChI=1S/C14H15Br2NS/c1-11-4-2-3-5-12(11)14(9-15,10-16)8-13-17-6-7-18-13/h2-7H,8-10H2,1H3. The first-order valence-electron chi connectivity index (χ1n) is 5.78. The maximum absolute atomic E-state index is 4.43. The van der Waals surface area contributed by atoms with Gasteiger partial charge in [0, 0.05) is 34.1 Å². The molecular weight excluding hydrogens is 374 g/mol. The number of nitrogens with zero attached hydrogens (tertiary/aromatic N) is 1. The highest BCUT2D eigenvalue weighted by Crippen LogP contribution is 2.35. The van der Waals surface area contributed by atoms with Crippen LogP contribution in [0.4, 0.5) is 0 Å². The van der Waals surface area contributed by atoms with Crippen LogP contribution in [0.25, 0.3) is 0 Å². The van der Waals surface area contributed by atoms with E-state index in [1.807, 2.05) is 11.6 Å². The monoisotopic (exact) mass is 387 g/mol. The molecule has 0 saturated carbocycles. The number of aryl methyl sites for hydroxylation is 1. The summed E-state index contributed by atoms with van der Waals surface area (Å²) in [5.41, 5.74) is 2.81. The SMILES string of the molecule is Cc1ccccc1C(CBr)(CBr)Cc1nccs1. The molecule has 0 bridgehead atoms. The van der Waals surface area contributed by atoms with Crippen LogP contribution in [0.3, 0.4) is 0 Å². The molecule has 1 aromatic carbocycles. The highest BCUT2D eigenvalue weighted by Gasteiger charge is 2.32. The number of hydrogen-bond donors (Lipinski definition) is 0. The number of rotatable bonds is 5. The largest absolute Gasteiger partial charge is 0.250 e. The molecule has 0 radical (unpaired) electrons. The van der Waals surface area contributed by atoms with Crippen LogP contribution in [-0.2, 0) is 11.8 Å². The minimum Gasteiger partial charge on any atom is -0.250 e. The van der Waals surface area contributed by atoms with Gasteiger partial charge in [-0.15, -0.1) is 11.3 Å². The number of thiazole rings is 1. The Morgan fingerprint density at radius 1 is 1.22 bits per heavy atom. The van der Waals surface area contributed by atoms with Crippen LogP contribution >= 0.6 is 43.2 Å². The lowest BCUT2D eigenvalue weighted by atomic mass is 9.79. The van der Waals surface area contributed by atoms with Crippen LogP contribution in [0.5, 0.6) is 0 Å². The summed E-state index contributed by atoms with van der Waals surface area (Å²) in [6.07, 6.45) is 2.84. The van der Waals surface area contributed by atoms with Crippen LogP contribution < -0.4 is 0 Å². The molecule has 0 aliphatic heterocycles. The van der Waals surface area contributed by atoms with Crippen LogP contribution in [0.2, 0.25) is 0 Å². The molecule has 1 nitrogen and oxygen atoms in total. The van der Waals surface area contributed by atoms with E-state index in [1.165, 1.54) is 16.1 Å². The molecule has 2 aromatic rings. The lowest BCUT2D eigenvalue weighted by molar-refractivity contribution is 0.546. The van der Waals surface area contributed by atoms with E-state index < -0.39 is 0 Å². The van der Waals surface area contributed by atoms with Gasteiger partial charge in [-0.1, -0.05) is 56.1 Å². The molecule has 2 rings (SSSR count). The maximum Gasteiger partial charge on any atom is 0.0934 e. The van der Waals surface area contributed by atoms with E-state index in [-0.39, 0.29) is 5.41 Å². The van der Waals surface area contributed by atoms with E-state index in [2.05, 4.69) is 68.0 Å². The number of hydrogen-bond acceptors (Lipinski definition) is 2. The van der Waals surface area contributed by atoms with Crippen LogP contribution in [0, 0.1) is 6.92 Å². The second kappa shape index (κ2) is 6.31. The van der Waals surface area contributed by atoms with E-state index in [0.29, 0.717) is 0 Å². The minimum absolute atomic E-state index is 0.0726. The van der Waals surface area contributed by atoms with Crippen molar-refractivity contribution in [3.8, 4) is 0 Å². The van der Waals surface area contributed by atoms with Crippen molar-refractivity contribution in [1.82, 2.24) is 4.98 Å². The molecule has 0 spiro atoms. The summed E-state index contributed by atoms with van der Waals surface area (Å²) in [6.45, 7) is 2.18. The number of benzene rings is 1. The maximum atomic E-state index is 4.43. The molecule has 4 heteroatoms. The Morgan fingerprint density at radius 2 is 1.94 bits per heavy atom. The molecule has 0 N–H and O–H groups in total. The van der Waals surface area contributed by atoms with E-state index in [9.17, 15) is 0 Å². The third-order valence-corrected chi connectivity index (χ3v) is 6.13. The first kappa shape index (κ1) is 14.2. The Morgan fingerprint density at radius 3 is 2.50 bits per heavy atom. The molecule has 0 atom stereocenters. The molecule has 0 aliphatic carbocycles. The van der Waals surface area contributed by atoms with Crippen LogP contribution in [-0.4, -0.2) is 15.6 Å². The van der Waals surface area contributed by atoms with Crippen molar-refractivity contribution in [2.75, 3.05) is 10.7 Å². The van der Waals surface area contributed by atoms with Gasteiger partial charge < -0.3 is 0 Å². The van der Waals surface area contributed by atoms with Crippen molar-refractivity contribution >= 4 is 43.2 Å². The van der Waals surface area contributed by atoms with Gasteiger partial charge in [-0.25, -0.2) is 4.98 Å². The predicted molar refractivity (Wildman–Crippen MR) is 86.3 cm³/mol. The molecule has 96 valence electrons. The fraction of sp³-hybridized carbons (Fsp3) is 0.357. The quantitative estimate of drug-likeness (QED) is 0.675. The van der Waals surface area contributed by atoms with Crippen LogP contribution in [0.15, 0.2) is 35.8 Å². The third kappa shape index (κ3) is 2.86. The van der Waals surface area contributed by atoms with Crippen molar-refractivity contribution in [3.05, 3.63) is 52.0 Å². The van der Waals surface area contributed by atoms with Gasteiger partial charge in [0.15, 0.2) is 0 Å². The minimum atomic E-state index is 0.0726.